The number of hydrogen-bond acceptors (Lipinski definition) is 8. The van der Waals surface area contributed by atoms with Gasteiger partial charge in [-0.2, -0.15) is 0 Å². The van der Waals surface area contributed by atoms with Crippen molar-refractivity contribution in [3.63, 3.8) is 0 Å². The average molecular weight is 555 g/mol. The molecule has 0 radical (unpaired) electrons. The maximum Gasteiger partial charge on any atom is 0.254 e. The molecule has 1 aromatic heterocycles. The van der Waals surface area contributed by atoms with E-state index in [0.717, 1.165) is 11.1 Å². The lowest BCUT2D eigenvalue weighted by Crippen LogP contribution is -2.40. The molecule has 0 aliphatic heterocycles. The van der Waals surface area contributed by atoms with Crippen LogP contribution in [0.3, 0.4) is 0 Å². The number of carbonyl (C=O) groups excluding carboxylic acids is 3. The predicted molar refractivity (Wildman–Crippen MR) is 150 cm³/mol. The third-order valence-corrected chi connectivity index (χ3v) is 6.62. The van der Waals surface area contributed by atoms with Crippen LogP contribution in [0.15, 0.2) is 47.8 Å². The summed E-state index contributed by atoms with van der Waals surface area (Å²) in [6.07, 6.45) is 0.718. The first-order valence-electron chi connectivity index (χ1n) is 12.4. The van der Waals surface area contributed by atoms with E-state index in [2.05, 4.69) is 15.6 Å². The van der Waals surface area contributed by atoms with E-state index >= 15 is 0 Å². The van der Waals surface area contributed by atoms with Crippen molar-refractivity contribution in [3.05, 3.63) is 70.2 Å². The number of methoxy groups -OCH3 is 3. The number of ether oxygens (including phenoxy) is 3. The van der Waals surface area contributed by atoms with Gasteiger partial charge >= 0.3 is 0 Å². The van der Waals surface area contributed by atoms with Crippen LogP contribution in [0.25, 0.3) is 0 Å². The molecule has 0 spiro atoms. The van der Waals surface area contributed by atoms with Crippen LogP contribution in [0.2, 0.25) is 0 Å². The molecule has 2 aromatic carbocycles. The number of amides is 3. The molecule has 10 nitrogen and oxygen atoms in total. The second-order valence-electron chi connectivity index (χ2n) is 8.74. The van der Waals surface area contributed by atoms with E-state index in [9.17, 15) is 14.4 Å². The monoisotopic (exact) mass is 554 g/mol. The van der Waals surface area contributed by atoms with Crippen molar-refractivity contribution in [2.24, 2.45) is 0 Å². The van der Waals surface area contributed by atoms with Gasteiger partial charge in [0.25, 0.3) is 5.91 Å². The Labute approximate surface area is 232 Å². The summed E-state index contributed by atoms with van der Waals surface area (Å²) in [6, 6.07) is 12.8. The molecule has 208 valence electrons. The standard InChI is InChI=1S/C28H34N4O6S/c1-19-5-8-21(9-6-19)27(35)32(13-14-36-2)17-26(34)31-28-30-22(18-39-28)16-25(33)29-12-11-20-7-10-23(37-3)24(15-20)38-4/h5-10,15,18H,11-14,16-17H2,1-4H3,(H,29,33)(H,30,31,34). The number of aryl methyl sites for hydroxylation is 1. The van der Waals surface area contributed by atoms with E-state index in [4.69, 9.17) is 14.2 Å². The first-order valence-corrected chi connectivity index (χ1v) is 13.3. The Hall–Kier alpha value is -3.96. The molecule has 0 saturated carbocycles. The van der Waals surface area contributed by atoms with Gasteiger partial charge in [-0.15, -0.1) is 11.3 Å². The number of aromatic nitrogens is 1. The van der Waals surface area contributed by atoms with Crippen molar-refractivity contribution in [3.8, 4) is 11.5 Å². The summed E-state index contributed by atoms with van der Waals surface area (Å²) in [5.74, 6) is 0.476. The SMILES string of the molecule is COCCN(CC(=O)Nc1nc(CC(=O)NCCc2ccc(OC)c(OC)c2)cs1)C(=O)c1ccc(C)cc1. The molecular weight excluding hydrogens is 520 g/mol. The fourth-order valence-electron chi connectivity index (χ4n) is 3.72. The fourth-order valence-corrected chi connectivity index (χ4v) is 4.45. The summed E-state index contributed by atoms with van der Waals surface area (Å²) < 4.78 is 15.7. The van der Waals surface area contributed by atoms with Crippen LogP contribution >= 0.6 is 11.3 Å². The number of thiazole rings is 1. The third-order valence-electron chi connectivity index (χ3n) is 5.81. The van der Waals surface area contributed by atoms with Crippen molar-refractivity contribution < 1.29 is 28.6 Å². The molecule has 0 aliphatic carbocycles. The Balaban J connectivity index is 1.48. The summed E-state index contributed by atoms with van der Waals surface area (Å²) in [5.41, 5.74) is 3.09. The molecule has 2 N–H and O–H groups in total. The minimum atomic E-state index is -0.383. The Morgan fingerprint density at radius 2 is 1.72 bits per heavy atom. The van der Waals surface area contributed by atoms with Crippen molar-refractivity contribution in [1.29, 1.82) is 0 Å². The topological polar surface area (TPSA) is 119 Å². The van der Waals surface area contributed by atoms with E-state index in [1.165, 1.54) is 23.3 Å². The second-order valence-corrected chi connectivity index (χ2v) is 9.60. The molecule has 39 heavy (non-hydrogen) atoms. The maximum atomic E-state index is 12.9. The smallest absolute Gasteiger partial charge is 0.254 e. The number of rotatable bonds is 14. The van der Waals surface area contributed by atoms with Crippen LogP contribution in [-0.2, 0) is 27.2 Å². The summed E-state index contributed by atoms with van der Waals surface area (Å²) in [4.78, 5) is 43.8. The van der Waals surface area contributed by atoms with Gasteiger partial charge < -0.3 is 29.7 Å². The predicted octanol–water partition coefficient (Wildman–Crippen LogP) is 3.10. The highest BCUT2D eigenvalue weighted by atomic mass is 32.1. The zero-order valence-electron chi connectivity index (χ0n) is 22.6. The molecule has 0 aliphatic rings. The Morgan fingerprint density at radius 3 is 2.41 bits per heavy atom. The summed E-state index contributed by atoms with van der Waals surface area (Å²) in [6.45, 7) is 2.81. The summed E-state index contributed by atoms with van der Waals surface area (Å²) in [5, 5.41) is 7.70. The first kappa shape index (κ1) is 29.6. The van der Waals surface area contributed by atoms with Crippen molar-refractivity contribution in [1.82, 2.24) is 15.2 Å². The van der Waals surface area contributed by atoms with Crippen molar-refractivity contribution in [2.45, 2.75) is 19.8 Å². The van der Waals surface area contributed by atoms with Crippen molar-refractivity contribution in [2.75, 3.05) is 52.9 Å². The molecular formula is C28H34N4O6S. The molecule has 0 fully saturated rings. The van der Waals surface area contributed by atoms with E-state index in [-0.39, 0.29) is 37.2 Å². The molecule has 1 heterocycles. The minimum Gasteiger partial charge on any atom is -0.493 e. The molecule has 0 saturated heterocycles. The van der Waals surface area contributed by atoms with Crippen LogP contribution in [0.4, 0.5) is 5.13 Å². The van der Waals surface area contributed by atoms with Crippen LogP contribution in [-0.4, -0.2) is 75.2 Å². The van der Waals surface area contributed by atoms with Crippen LogP contribution in [0, 0.1) is 6.92 Å². The van der Waals surface area contributed by atoms with Crippen LogP contribution in [0.5, 0.6) is 11.5 Å². The summed E-state index contributed by atoms with van der Waals surface area (Å²) in [7, 11) is 4.70. The van der Waals surface area contributed by atoms with Crippen LogP contribution in [0.1, 0.15) is 27.2 Å². The highest BCUT2D eigenvalue weighted by Gasteiger charge is 2.20. The highest BCUT2D eigenvalue weighted by Crippen LogP contribution is 2.27. The van der Waals surface area contributed by atoms with E-state index in [1.54, 1.807) is 31.7 Å². The zero-order valence-corrected chi connectivity index (χ0v) is 23.4. The number of carbonyl (C=O) groups is 3. The van der Waals surface area contributed by atoms with Gasteiger partial charge in [0.1, 0.15) is 6.54 Å². The number of anilines is 1. The molecule has 11 heteroatoms. The fraction of sp³-hybridized carbons (Fsp3) is 0.357. The molecule has 3 aromatic rings. The van der Waals surface area contributed by atoms with Gasteiger partial charge in [0.15, 0.2) is 16.6 Å². The average Bonchev–Trinajstić information content (AvgIpc) is 3.36. The lowest BCUT2D eigenvalue weighted by molar-refractivity contribution is -0.120. The largest absolute Gasteiger partial charge is 0.493 e. The summed E-state index contributed by atoms with van der Waals surface area (Å²) >= 11 is 1.22. The zero-order chi connectivity index (χ0) is 28.2. The lowest BCUT2D eigenvalue weighted by atomic mass is 10.1. The number of benzene rings is 2. The Bertz CT molecular complexity index is 1260. The number of nitrogens with one attached hydrogen (secondary N) is 2. The van der Waals surface area contributed by atoms with Gasteiger partial charge in [-0.3, -0.25) is 14.4 Å². The second kappa shape index (κ2) is 14.8. The van der Waals surface area contributed by atoms with E-state index in [0.29, 0.717) is 47.5 Å². The third kappa shape index (κ3) is 9.08. The quantitative estimate of drug-likeness (QED) is 0.314. The normalized spacial score (nSPS) is 10.6. The lowest BCUT2D eigenvalue weighted by Gasteiger charge is -2.21. The maximum absolute atomic E-state index is 12.9. The van der Waals surface area contributed by atoms with Crippen LogP contribution < -0.4 is 20.1 Å². The molecule has 0 atom stereocenters. The number of hydrogen-bond donors (Lipinski definition) is 2. The molecule has 0 unspecified atom stereocenters. The van der Waals surface area contributed by atoms with Gasteiger partial charge in [-0.05, 0) is 43.2 Å². The van der Waals surface area contributed by atoms with E-state index < -0.39 is 0 Å². The van der Waals surface area contributed by atoms with E-state index in [1.807, 2.05) is 37.3 Å². The molecule has 3 amide bonds. The first-order chi connectivity index (χ1) is 18.8. The van der Waals surface area contributed by atoms with Gasteiger partial charge in [-0.25, -0.2) is 4.98 Å². The highest BCUT2D eigenvalue weighted by molar-refractivity contribution is 7.13. The van der Waals surface area contributed by atoms with Gasteiger partial charge in [0, 0.05) is 31.1 Å². The Morgan fingerprint density at radius 1 is 0.974 bits per heavy atom. The Kier molecular flexibility index (Phi) is 11.3. The van der Waals surface area contributed by atoms with Crippen molar-refractivity contribution >= 4 is 34.2 Å². The number of nitrogens with zero attached hydrogens (tertiary/aromatic N) is 2. The van der Waals surface area contributed by atoms with Gasteiger partial charge in [-0.1, -0.05) is 23.8 Å². The molecule has 0 bridgehead atoms. The minimum absolute atomic E-state index is 0.0875. The molecule has 3 rings (SSSR count). The van der Waals surface area contributed by atoms with Gasteiger partial charge in [0.2, 0.25) is 11.8 Å². The van der Waals surface area contributed by atoms with Gasteiger partial charge in [0.05, 0.1) is 32.9 Å².